The number of carbonyl (C=O) groups excluding carboxylic acids is 1. The molecule has 2 atom stereocenters. The molecule has 1 amide bonds. The molecule has 2 aliphatic heterocycles. The maximum Gasteiger partial charge on any atom is 0.341 e. The molecule has 0 spiro atoms. The summed E-state index contributed by atoms with van der Waals surface area (Å²) in [4.78, 5) is 48.4. The quantitative estimate of drug-likeness (QED) is 0.546. The van der Waals surface area contributed by atoms with E-state index < -0.39 is 11.4 Å². The first kappa shape index (κ1) is 22.5. The molecule has 0 aromatic carbocycles. The van der Waals surface area contributed by atoms with Gasteiger partial charge in [-0.1, -0.05) is 0 Å². The summed E-state index contributed by atoms with van der Waals surface area (Å²) >= 11 is 1.31. The Morgan fingerprint density at radius 2 is 2.18 bits per heavy atom. The Labute approximate surface area is 199 Å². The van der Waals surface area contributed by atoms with E-state index in [4.69, 9.17) is 9.72 Å². The van der Waals surface area contributed by atoms with E-state index in [1.165, 1.54) is 22.1 Å². The molecule has 2 N–H and O–H groups in total. The minimum absolute atomic E-state index is 0.0587. The Bertz CT molecular complexity index is 1300. The number of aromatic nitrogens is 3. The SMILES string of the molecule is Cc1cc(N2CCC2C(=O)NCC2CCCCO2)nc2c1c(=O)c(C(=O)O)cn2-c1nccs1. The van der Waals surface area contributed by atoms with Crippen molar-refractivity contribution in [1.82, 2.24) is 19.9 Å². The van der Waals surface area contributed by atoms with Gasteiger partial charge in [-0.2, -0.15) is 0 Å². The van der Waals surface area contributed by atoms with Gasteiger partial charge in [-0.25, -0.2) is 14.8 Å². The number of amides is 1. The average molecular weight is 484 g/mol. The van der Waals surface area contributed by atoms with Crippen molar-refractivity contribution < 1.29 is 19.4 Å². The van der Waals surface area contributed by atoms with E-state index in [1.54, 1.807) is 24.6 Å². The summed E-state index contributed by atoms with van der Waals surface area (Å²) in [5.41, 5.74) is -0.00888. The number of hydrogen-bond acceptors (Lipinski definition) is 8. The first-order valence-electron chi connectivity index (χ1n) is 11.3. The Balaban J connectivity index is 1.48. The lowest BCUT2D eigenvalue weighted by molar-refractivity contribution is -0.124. The number of nitrogens with one attached hydrogen (secondary N) is 1. The zero-order valence-electron chi connectivity index (χ0n) is 18.7. The first-order valence-corrected chi connectivity index (χ1v) is 12.2. The minimum atomic E-state index is -1.30. The topological polar surface area (TPSA) is 127 Å². The number of pyridine rings is 2. The normalized spacial score (nSPS) is 20.2. The van der Waals surface area contributed by atoms with E-state index in [0.29, 0.717) is 41.7 Å². The maximum absolute atomic E-state index is 12.9. The lowest BCUT2D eigenvalue weighted by atomic mass is 10.0. The fourth-order valence-corrected chi connectivity index (χ4v) is 5.11. The second-order valence-corrected chi connectivity index (χ2v) is 9.46. The fourth-order valence-electron chi connectivity index (χ4n) is 4.49. The molecule has 0 radical (unpaired) electrons. The monoisotopic (exact) mass is 483 g/mol. The van der Waals surface area contributed by atoms with Gasteiger partial charge < -0.3 is 20.1 Å². The molecule has 10 nitrogen and oxygen atoms in total. The molecular formula is C23H25N5O5S. The van der Waals surface area contributed by atoms with E-state index in [2.05, 4.69) is 10.3 Å². The van der Waals surface area contributed by atoms with Gasteiger partial charge in [0, 0.05) is 37.5 Å². The second kappa shape index (κ2) is 9.15. The molecule has 3 aromatic heterocycles. The summed E-state index contributed by atoms with van der Waals surface area (Å²) < 4.78 is 7.24. The zero-order valence-corrected chi connectivity index (χ0v) is 19.5. The molecule has 2 saturated heterocycles. The largest absolute Gasteiger partial charge is 0.477 e. The second-order valence-electron chi connectivity index (χ2n) is 8.59. The molecule has 34 heavy (non-hydrogen) atoms. The molecule has 0 bridgehead atoms. The van der Waals surface area contributed by atoms with Crippen LogP contribution in [0.4, 0.5) is 5.82 Å². The molecule has 2 fully saturated rings. The number of carbonyl (C=O) groups is 2. The summed E-state index contributed by atoms with van der Waals surface area (Å²) in [5, 5.41) is 15.1. The van der Waals surface area contributed by atoms with E-state index >= 15 is 0 Å². The Kier molecular flexibility index (Phi) is 6.05. The van der Waals surface area contributed by atoms with Crippen molar-refractivity contribution in [3.63, 3.8) is 0 Å². The van der Waals surface area contributed by atoms with Crippen molar-refractivity contribution >= 4 is 40.1 Å². The summed E-state index contributed by atoms with van der Waals surface area (Å²) in [5.74, 6) is -0.807. The van der Waals surface area contributed by atoms with Gasteiger partial charge in [0.25, 0.3) is 0 Å². The van der Waals surface area contributed by atoms with Gasteiger partial charge in [-0.15, -0.1) is 11.3 Å². The van der Waals surface area contributed by atoms with Crippen molar-refractivity contribution in [2.45, 2.75) is 44.8 Å². The van der Waals surface area contributed by atoms with Crippen LogP contribution in [0, 0.1) is 6.92 Å². The van der Waals surface area contributed by atoms with Crippen molar-refractivity contribution in [1.29, 1.82) is 0 Å². The fraction of sp³-hybridized carbons (Fsp3) is 0.435. The molecule has 0 aliphatic carbocycles. The van der Waals surface area contributed by atoms with Crippen LogP contribution in [-0.4, -0.2) is 63.4 Å². The van der Waals surface area contributed by atoms with Crippen molar-refractivity contribution in [3.05, 3.63) is 45.2 Å². The molecular weight excluding hydrogens is 458 g/mol. The zero-order chi connectivity index (χ0) is 23.8. The molecule has 5 rings (SSSR count). The predicted molar refractivity (Wildman–Crippen MR) is 127 cm³/mol. The Morgan fingerprint density at radius 1 is 1.32 bits per heavy atom. The van der Waals surface area contributed by atoms with Crippen LogP contribution in [0.15, 0.2) is 28.6 Å². The molecule has 0 saturated carbocycles. The van der Waals surface area contributed by atoms with Crippen LogP contribution in [0.1, 0.15) is 41.6 Å². The van der Waals surface area contributed by atoms with Crippen LogP contribution in [0.2, 0.25) is 0 Å². The Morgan fingerprint density at radius 3 is 2.82 bits per heavy atom. The van der Waals surface area contributed by atoms with E-state index in [-0.39, 0.29) is 29.0 Å². The standard InChI is InChI=1S/C23H25N5O5S/c1-13-10-17(27-7-5-16(27)21(30)25-11-14-4-2-3-8-33-14)26-20-18(13)19(29)15(22(31)32)12-28(20)23-24-6-9-34-23/h6,9-10,12,14,16H,2-5,7-8,11H2,1H3,(H,25,30)(H,31,32). The lowest BCUT2D eigenvalue weighted by Gasteiger charge is -2.41. The number of carboxylic acid groups (broad SMARTS) is 1. The molecule has 2 aliphatic rings. The highest BCUT2D eigenvalue weighted by molar-refractivity contribution is 7.12. The van der Waals surface area contributed by atoms with E-state index in [9.17, 15) is 19.5 Å². The summed E-state index contributed by atoms with van der Waals surface area (Å²) in [6.45, 7) is 3.64. The average Bonchev–Trinajstić information content (AvgIpc) is 3.32. The summed E-state index contributed by atoms with van der Waals surface area (Å²) in [7, 11) is 0. The number of fused-ring (bicyclic) bond motifs is 1. The van der Waals surface area contributed by atoms with Crippen LogP contribution in [-0.2, 0) is 9.53 Å². The third-order valence-corrected chi connectivity index (χ3v) is 7.16. The van der Waals surface area contributed by atoms with Gasteiger partial charge >= 0.3 is 5.97 Å². The van der Waals surface area contributed by atoms with Gasteiger partial charge in [0.2, 0.25) is 11.3 Å². The van der Waals surface area contributed by atoms with Gasteiger partial charge in [0.15, 0.2) is 10.8 Å². The third kappa shape index (κ3) is 4.05. The van der Waals surface area contributed by atoms with Crippen molar-refractivity contribution in [2.24, 2.45) is 0 Å². The van der Waals surface area contributed by atoms with Gasteiger partial charge in [0.1, 0.15) is 17.4 Å². The lowest BCUT2D eigenvalue weighted by Crippen LogP contribution is -2.57. The molecule has 3 aromatic rings. The maximum atomic E-state index is 12.9. The van der Waals surface area contributed by atoms with E-state index in [1.807, 2.05) is 4.90 Å². The minimum Gasteiger partial charge on any atom is -0.477 e. The number of hydrogen-bond donors (Lipinski definition) is 2. The van der Waals surface area contributed by atoms with Crippen LogP contribution >= 0.6 is 11.3 Å². The number of thiazole rings is 1. The first-order chi connectivity index (χ1) is 16.4. The highest BCUT2D eigenvalue weighted by Crippen LogP contribution is 2.29. The smallest absolute Gasteiger partial charge is 0.341 e. The van der Waals surface area contributed by atoms with Crippen molar-refractivity contribution in [2.75, 3.05) is 24.6 Å². The number of nitrogens with zero attached hydrogens (tertiary/aromatic N) is 4. The number of ether oxygens (including phenoxy) is 1. The number of rotatable bonds is 6. The molecule has 11 heteroatoms. The number of aromatic carboxylic acids is 1. The van der Waals surface area contributed by atoms with Crippen LogP contribution in [0.25, 0.3) is 16.2 Å². The van der Waals surface area contributed by atoms with Crippen LogP contribution in [0.5, 0.6) is 0 Å². The molecule has 178 valence electrons. The predicted octanol–water partition coefficient (Wildman–Crippen LogP) is 2.11. The Hall–Kier alpha value is -3.31. The highest BCUT2D eigenvalue weighted by atomic mass is 32.1. The van der Waals surface area contributed by atoms with Gasteiger partial charge in [-0.05, 0) is 44.2 Å². The summed E-state index contributed by atoms with van der Waals surface area (Å²) in [6, 6.07) is 1.39. The van der Waals surface area contributed by atoms with Crippen LogP contribution in [0.3, 0.4) is 0 Å². The van der Waals surface area contributed by atoms with Crippen LogP contribution < -0.4 is 15.6 Å². The number of carboxylic acids is 1. The summed E-state index contributed by atoms with van der Waals surface area (Å²) in [6.07, 6.45) is 6.76. The third-order valence-electron chi connectivity index (χ3n) is 6.39. The number of anilines is 1. The number of aryl methyl sites for hydroxylation is 1. The molecule has 5 heterocycles. The van der Waals surface area contributed by atoms with Gasteiger partial charge in [0.05, 0.1) is 11.5 Å². The van der Waals surface area contributed by atoms with Crippen molar-refractivity contribution in [3.8, 4) is 5.13 Å². The highest BCUT2D eigenvalue weighted by Gasteiger charge is 2.36. The van der Waals surface area contributed by atoms with Gasteiger partial charge in [-0.3, -0.25) is 14.2 Å². The van der Waals surface area contributed by atoms with E-state index in [0.717, 1.165) is 25.9 Å². The molecule has 2 unspecified atom stereocenters.